The third-order valence-corrected chi connectivity index (χ3v) is 9.01. The van der Waals surface area contributed by atoms with Gasteiger partial charge < -0.3 is 4.90 Å². The molecule has 5 rings (SSSR count). The van der Waals surface area contributed by atoms with Gasteiger partial charge in [-0.3, -0.25) is 14.9 Å². The van der Waals surface area contributed by atoms with Gasteiger partial charge in [0.2, 0.25) is 0 Å². The van der Waals surface area contributed by atoms with E-state index < -0.39 is 10.5 Å². The number of nitro benzene ring substituents is 1. The molecular formula is C27H22BrClN2O3S. The van der Waals surface area contributed by atoms with Crippen molar-refractivity contribution >= 4 is 66.2 Å². The summed E-state index contributed by atoms with van der Waals surface area (Å²) >= 11 is 11.4. The van der Waals surface area contributed by atoms with Crippen LogP contribution in [0.1, 0.15) is 48.0 Å². The Bertz CT molecular complexity index is 1500. The fourth-order valence-corrected chi connectivity index (χ4v) is 7.11. The lowest BCUT2D eigenvalue weighted by atomic mass is 9.65. The number of nitrogens with zero attached hydrogens (tertiary/aromatic N) is 2. The van der Waals surface area contributed by atoms with E-state index in [1.807, 2.05) is 35.2 Å². The van der Waals surface area contributed by atoms with Crippen molar-refractivity contribution in [2.45, 2.75) is 38.1 Å². The molecule has 0 fully saturated rings. The highest BCUT2D eigenvalue weighted by Crippen LogP contribution is 2.51. The van der Waals surface area contributed by atoms with Gasteiger partial charge in [-0.2, -0.15) is 0 Å². The molecule has 0 spiro atoms. The summed E-state index contributed by atoms with van der Waals surface area (Å²) in [6, 6.07) is 20.9. The maximum absolute atomic E-state index is 14.1. The predicted molar refractivity (Wildman–Crippen MR) is 146 cm³/mol. The topological polar surface area (TPSA) is 63.5 Å². The number of carbonyl (C=O) groups excluding carboxylic acids is 1. The van der Waals surface area contributed by atoms with Crippen LogP contribution in [0.5, 0.6) is 0 Å². The standard InChI is InChI=1S/C27H22BrClN2O3S/c1-26(2)15-27(3,16-8-10-17(28)11-9-16)20-6-4-5-7-21(20)30(26)25(32)24-23(29)19-13-12-18(31(33)34)14-22(19)35-24/h4-14H,15H2,1-3H3/t27-/m1/s1. The number of carbonyl (C=O) groups is 1. The molecule has 8 heteroatoms. The number of thiophene rings is 1. The fourth-order valence-electron chi connectivity index (χ4n) is 5.37. The number of rotatable bonds is 3. The van der Waals surface area contributed by atoms with E-state index >= 15 is 0 Å². The second-order valence-corrected chi connectivity index (χ2v) is 12.0. The smallest absolute Gasteiger partial charge is 0.270 e. The molecule has 0 radical (unpaired) electrons. The van der Waals surface area contributed by atoms with Gasteiger partial charge in [0.05, 0.1) is 9.95 Å². The summed E-state index contributed by atoms with van der Waals surface area (Å²) < 4.78 is 1.64. The predicted octanol–water partition coefficient (Wildman–Crippen LogP) is 8.36. The Balaban J connectivity index is 1.66. The molecule has 1 aliphatic heterocycles. The minimum atomic E-state index is -0.529. The van der Waals surface area contributed by atoms with Gasteiger partial charge in [-0.05, 0) is 55.7 Å². The fraction of sp³-hybridized carbons (Fsp3) is 0.222. The van der Waals surface area contributed by atoms with E-state index in [2.05, 4.69) is 54.9 Å². The molecule has 0 aliphatic carbocycles. The first-order valence-electron chi connectivity index (χ1n) is 11.1. The number of non-ortho nitro benzene ring substituents is 1. The normalized spacial score (nSPS) is 18.9. The number of halogens is 2. The van der Waals surface area contributed by atoms with E-state index in [9.17, 15) is 14.9 Å². The first-order chi connectivity index (χ1) is 16.5. The van der Waals surface area contributed by atoms with Crippen LogP contribution in [0.25, 0.3) is 10.1 Å². The zero-order valence-electron chi connectivity index (χ0n) is 19.3. The Morgan fingerprint density at radius 2 is 1.77 bits per heavy atom. The van der Waals surface area contributed by atoms with Crippen molar-refractivity contribution in [3.8, 4) is 0 Å². The number of para-hydroxylation sites is 1. The maximum Gasteiger partial charge on any atom is 0.270 e. The molecule has 178 valence electrons. The van der Waals surface area contributed by atoms with Crippen LogP contribution in [-0.2, 0) is 5.41 Å². The lowest BCUT2D eigenvalue weighted by Gasteiger charge is -2.51. The number of benzene rings is 3. The van der Waals surface area contributed by atoms with E-state index in [4.69, 9.17) is 11.6 Å². The first kappa shape index (κ1) is 24.0. The zero-order valence-corrected chi connectivity index (χ0v) is 22.5. The van der Waals surface area contributed by atoms with E-state index in [1.54, 1.807) is 6.07 Å². The largest absolute Gasteiger partial charge is 0.302 e. The summed E-state index contributed by atoms with van der Waals surface area (Å²) in [6.07, 6.45) is 0.707. The highest BCUT2D eigenvalue weighted by atomic mass is 79.9. The second kappa shape index (κ2) is 8.43. The molecule has 0 saturated heterocycles. The van der Waals surface area contributed by atoms with Crippen LogP contribution in [0.2, 0.25) is 5.02 Å². The first-order valence-corrected chi connectivity index (χ1v) is 13.1. The highest BCUT2D eigenvalue weighted by Gasteiger charge is 2.48. The molecule has 1 aromatic heterocycles. The van der Waals surface area contributed by atoms with Crippen molar-refractivity contribution in [3.63, 3.8) is 0 Å². The van der Waals surface area contributed by atoms with Crippen LogP contribution in [-0.4, -0.2) is 16.4 Å². The molecule has 2 heterocycles. The molecule has 1 aliphatic rings. The molecule has 5 nitrogen and oxygen atoms in total. The van der Waals surface area contributed by atoms with Gasteiger partial charge in [0, 0.05) is 43.3 Å². The average Bonchev–Trinajstić information content (AvgIpc) is 3.14. The number of amides is 1. The van der Waals surface area contributed by atoms with Crippen molar-refractivity contribution in [2.24, 2.45) is 0 Å². The van der Waals surface area contributed by atoms with Gasteiger partial charge in [-0.1, -0.05) is 64.8 Å². The van der Waals surface area contributed by atoms with Crippen molar-refractivity contribution in [1.82, 2.24) is 0 Å². The lowest BCUT2D eigenvalue weighted by Crippen LogP contribution is -2.55. The summed E-state index contributed by atoms with van der Waals surface area (Å²) in [7, 11) is 0. The van der Waals surface area contributed by atoms with Gasteiger partial charge in [0.1, 0.15) is 4.88 Å². The number of hydrogen-bond donors (Lipinski definition) is 0. The lowest BCUT2D eigenvalue weighted by molar-refractivity contribution is -0.384. The van der Waals surface area contributed by atoms with Gasteiger partial charge in [0.15, 0.2) is 0 Å². The summed E-state index contributed by atoms with van der Waals surface area (Å²) in [5.41, 5.74) is 2.24. The Labute approximate surface area is 220 Å². The van der Waals surface area contributed by atoms with Crippen molar-refractivity contribution in [3.05, 3.63) is 102 Å². The Morgan fingerprint density at radius 1 is 1.09 bits per heavy atom. The van der Waals surface area contributed by atoms with Crippen LogP contribution in [0.4, 0.5) is 11.4 Å². The molecule has 4 aromatic rings. The quantitative estimate of drug-likeness (QED) is 0.184. The Hall–Kier alpha value is -2.74. The summed E-state index contributed by atoms with van der Waals surface area (Å²) in [4.78, 5) is 27.1. The summed E-state index contributed by atoms with van der Waals surface area (Å²) in [6.45, 7) is 6.37. The molecular weight excluding hydrogens is 548 g/mol. The van der Waals surface area contributed by atoms with Gasteiger partial charge in [-0.15, -0.1) is 11.3 Å². The van der Waals surface area contributed by atoms with Crippen molar-refractivity contribution in [2.75, 3.05) is 4.90 Å². The van der Waals surface area contributed by atoms with Crippen molar-refractivity contribution in [1.29, 1.82) is 0 Å². The van der Waals surface area contributed by atoms with E-state index in [1.165, 1.54) is 29.0 Å². The van der Waals surface area contributed by atoms with Crippen LogP contribution in [0.3, 0.4) is 0 Å². The molecule has 1 atom stereocenters. The third-order valence-electron chi connectivity index (χ3n) is 6.83. The number of anilines is 1. The van der Waals surface area contributed by atoms with Crippen molar-refractivity contribution < 1.29 is 9.72 Å². The SMILES string of the molecule is CC1(C)C[C@](C)(c2ccc(Br)cc2)c2ccccc2N1C(=O)c1sc2cc([N+](=O)[O-])ccc2c1Cl. The van der Waals surface area contributed by atoms with Crippen LogP contribution in [0.15, 0.2) is 71.2 Å². The molecule has 3 aromatic carbocycles. The summed E-state index contributed by atoms with van der Waals surface area (Å²) in [5, 5.41) is 12.2. The molecule has 0 N–H and O–H groups in total. The summed E-state index contributed by atoms with van der Waals surface area (Å²) in [5.74, 6) is -0.200. The number of nitro groups is 1. The average molecular weight is 570 g/mol. The highest BCUT2D eigenvalue weighted by molar-refractivity contribution is 9.10. The number of fused-ring (bicyclic) bond motifs is 2. The molecule has 35 heavy (non-hydrogen) atoms. The Morgan fingerprint density at radius 3 is 2.46 bits per heavy atom. The third kappa shape index (κ3) is 3.86. The molecule has 0 bridgehead atoms. The minimum Gasteiger partial charge on any atom is -0.302 e. The molecule has 0 saturated carbocycles. The van der Waals surface area contributed by atoms with Crippen LogP contribution >= 0.6 is 38.9 Å². The maximum atomic E-state index is 14.1. The monoisotopic (exact) mass is 568 g/mol. The zero-order chi connectivity index (χ0) is 25.1. The van der Waals surface area contributed by atoms with Crippen LogP contribution in [0, 0.1) is 10.1 Å². The van der Waals surface area contributed by atoms with Crippen LogP contribution < -0.4 is 4.90 Å². The van der Waals surface area contributed by atoms with Gasteiger partial charge >= 0.3 is 0 Å². The van der Waals surface area contributed by atoms with E-state index in [0.717, 1.165) is 15.7 Å². The molecule has 0 unspecified atom stereocenters. The van der Waals surface area contributed by atoms with Gasteiger partial charge in [0.25, 0.3) is 11.6 Å². The molecule has 1 amide bonds. The van der Waals surface area contributed by atoms with E-state index in [0.29, 0.717) is 26.4 Å². The van der Waals surface area contributed by atoms with Gasteiger partial charge in [-0.25, -0.2) is 0 Å². The minimum absolute atomic E-state index is 0.0247. The number of hydrogen-bond acceptors (Lipinski definition) is 4. The second-order valence-electron chi connectivity index (χ2n) is 9.67. The Kier molecular flexibility index (Phi) is 5.78. The van der Waals surface area contributed by atoms with E-state index in [-0.39, 0.29) is 17.0 Å².